The molecule has 2 atom stereocenters. The number of benzene rings is 1. The van der Waals surface area contributed by atoms with Crippen molar-refractivity contribution in [3.8, 4) is 0 Å². The summed E-state index contributed by atoms with van der Waals surface area (Å²) in [6, 6.07) is 3.16. The third-order valence-electron chi connectivity index (χ3n) is 4.16. The number of sulfonamides is 1. The Hall–Kier alpha value is -2.46. The number of carbonyl (C=O) groups is 3. The highest BCUT2D eigenvalue weighted by molar-refractivity contribution is 7.89. The molecule has 1 aromatic rings. The molecule has 27 heavy (non-hydrogen) atoms. The molecule has 2 unspecified atom stereocenters. The molecule has 1 aromatic carbocycles. The summed E-state index contributed by atoms with van der Waals surface area (Å²) in [6.45, 7) is 4.12. The molecule has 0 saturated heterocycles. The lowest BCUT2D eigenvalue weighted by Crippen LogP contribution is -2.52. The highest BCUT2D eigenvalue weighted by Gasteiger charge is 2.40. The van der Waals surface area contributed by atoms with Gasteiger partial charge in [-0.3, -0.25) is 9.59 Å². The molecule has 2 rings (SSSR count). The van der Waals surface area contributed by atoms with Crippen LogP contribution in [-0.2, 0) is 24.4 Å². The van der Waals surface area contributed by atoms with Gasteiger partial charge in [0.1, 0.15) is 6.04 Å². The first kappa shape index (κ1) is 20.8. The number of carbonyl (C=O) groups excluding carboxylic acids is 2. The predicted molar refractivity (Wildman–Crippen MR) is 97.5 cm³/mol. The van der Waals surface area contributed by atoms with Gasteiger partial charge in [-0.05, 0) is 51.0 Å². The van der Waals surface area contributed by atoms with Crippen molar-refractivity contribution < 1.29 is 27.9 Å². The first-order valence-electron chi connectivity index (χ1n) is 8.48. The Bertz CT molecular complexity index is 833. The van der Waals surface area contributed by atoms with Crippen molar-refractivity contribution in [2.45, 2.75) is 56.6 Å². The van der Waals surface area contributed by atoms with E-state index in [0.717, 1.165) is 0 Å². The van der Waals surface area contributed by atoms with Crippen LogP contribution in [-0.4, -0.2) is 54.3 Å². The summed E-state index contributed by atoms with van der Waals surface area (Å²) >= 11 is 0. The van der Waals surface area contributed by atoms with E-state index in [9.17, 15) is 27.9 Å². The van der Waals surface area contributed by atoms with Crippen molar-refractivity contribution in [3.63, 3.8) is 0 Å². The molecule has 0 aromatic heterocycles. The topological polar surface area (TPSA) is 133 Å². The summed E-state index contributed by atoms with van der Waals surface area (Å²) in [7, 11) is -3.99. The first-order valence-corrected chi connectivity index (χ1v) is 9.96. The summed E-state index contributed by atoms with van der Waals surface area (Å²) in [6.07, 6.45) is 1.40. The van der Waals surface area contributed by atoms with Crippen LogP contribution in [0.15, 0.2) is 29.2 Å². The van der Waals surface area contributed by atoms with Gasteiger partial charge in [0, 0.05) is 18.7 Å². The second-order valence-corrected chi connectivity index (χ2v) is 8.25. The normalized spacial score (nSPS) is 16.3. The lowest BCUT2D eigenvalue weighted by atomic mass is 10.2. The molecule has 2 amide bonds. The van der Waals surface area contributed by atoms with Crippen LogP contribution < -0.4 is 10.0 Å². The second-order valence-electron chi connectivity index (χ2n) is 6.54. The summed E-state index contributed by atoms with van der Waals surface area (Å²) in [5, 5.41) is 11.7. The summed E-state index contributed by atoms with van der Waals surface area (Å²) in [5.74, 6) is -2.00. The number of hydrogen-bond acceptors (Lipinski definition) is 5. The standard InChI is InChI=1S/C17H23N3O6S/c1-10(16(22)20(14-6-7-14)11(2)17(23)24)19-27(25,26)15-8-4-13(5-9-15)18-12(3)21/h4-5,8-11,14,19H,6-7H2,1-3H3,(H,18,21)(H,23,24). The molecule has 0 radical (unpaired) electrons. The van der Waals surface area contributed by atoms with Crippen LogP contribution in [0.3, 0.4) is 0 Å². The van der Waals surface area contributed by atoms with E-state index in [2.05, 4.69) is 10.0 Å². The van der Waals surface area contributed by atoms with Gasteiger partial charge in [0.25, 0.3) is 0 Å². The predicted octanol–water partition coefficient (Wildman–Crippen LogP) is 0.776. The monoisotopic (exact) mass is 397 g/mol. The van der Waals surface area contributed by atoms with E-state index in [1.165, 1.54) is 49.9 Å². The summed E-state index contributed by atoms with van der Waals surface area (Å²) < 4.78 is 27.3. The molecule has 10 heteroatoms. The molecule has 0 bridgehead atoms. The number of carboxylic acid groups (broad SMARTS) is 1. The second kappa shape index (κ2) is 8.05. The first-order chi connectivity index (χ1) is 12.5. The number of nitrogens with one attached hydrogen (secondary N) is 2. The van der Waals surface area contributed by atoms with Gasteiger partial charge >= 0.3 is 5.97 Å². The number of aliphatic carboxylic acids is 1. The van der Waals surface area contributed by atoms with Crippen molar-refractivity contribution in [2.75, 3.05) is 5.32 Å². The average Bonchev–Trinajstić information content (AvgIpc) is 3.39. The molecular weight excluding hydrogens is 374 g/mol. The SMILES string of the molecule is CC(=O)Nc1ccc(S(=O)(=O)NC(C)C(=O)N(C2CC2)C(C)C(=O)O)cc1. The quantitative estimate of drug-likeness (QED) is 0.594. The Labute approximate surface area is 157 Å². The molecule has 3 N–H and O–H groups in total. The number of hydrogen-bond donors (Lipinski definition) is 3. The summed E-state index contributed by atoms with van der Waals surface area (Å²) in [5.41, 5.74) is 0.445. The van der Waals surface area contributed by atoms with Crippen molar-refractivity contribution in [3.05, 3.63) is 24.3 Å². The van der Waals surface area contributed by atoms with Gasteiger partial charge in [-0.25, -0.2) is 13.2 Å². The maximum absolute atomic E-state index is 12.6. The molecule has 0 spiro atoms. The highest BCUT2D eigenvalue weighted by atomic mass is 32.2. The molecular formula is C17H23N3O6S. The molecule has 0 aliphatic heterocycles. The van der Waals surface area contributed by atoms with Gasteiger partial charge in [-0.15, -0.1) is 0 Å². The fraction of sp³-hybridized carbons (Fsp3) is 0.471. The van der Waals surface area contributed by atoms with Crippen LogP contribution in [0, 0.1) is 0 Å². The Morgan fingerprint density at radius 1 is 1.15 bits per heavy atom. The fourth-order valence-corrected chi connectivity index (χ4v) is 3.85. The van der Waals surface area contributed by atoms with Crippen LogP contribution in [0.5, 0.6) is 0 Å². The minimum absolute atomic E-state index is 0.0690. The zero-order chi connectivity index (χ0) is 20.4. The molecule has 1 aliphatic rings. The Morgan fingerprint density at radius 3 is 2.15 bits per heavy atom. The van der Waals surface area contributed by atoms with Gasteiger partial charge in [-0.2, -0.15) is 4.72 Å². The summed E-state index contributed by atoms with van der Waals surface area (Å²) in [4.78, 5) is 36.1. The van der Waals surface area contributed by atoms with Crippen LogP contribution in [0.1, 0.15) is 33.6 Å². The molecule has 148 valence electrons. The van der Waals surface area contributed by atoms with Gasteiger partial charge in [0.15, 0.2) is 0 Å². The largest absolute Gasteiger partial charge is 0.480 e. The van der Waals surface area contributed by atoms with Crippen molar-refractivity contribution in [1.29, 1.82) is 0 Å². The maximum atomic E-state index is 12.6. The van der Waals surface area contributed by atoms with Gasteiger partial charge in [0.2, 0.25) is 21.8 Å². The third-order valence-corrected chi connectivity index (χ3v) is 5.71. The van der Waals surface area contributed by atoms with Crippen LogP contribution in [0.25, 0.3) is 0 Å². The van der Waals surface area contributed by atoms with Gasteiger partial charge in [-0.1, -0.05) is 0 Å². The number of rotatable bonds is 8. The molecule has 1 saturated carbocycles. The molecule has 0 heterocycles. The van der Waals surface area contributed by atoms with Crippen LogP contribution in [0.4, 0.5) is 5.69 Å². The van der Waals surface area contributed by atoms with E-state index in [1.54, 1.807) is 0 Å². The average molecular weight is 397 g/mol. The maximum Gasteiger partial charge on any atom is 0.326 e. The lowest BCUT2D eigenvalue weighted by molar-refractivity contribution is -0.150. The van der Waals surface area contributed by atoms with E-state index >= 15 is 0 Å². The highest BCUT2D eigenvalue weighted by Crippen LogP contribution is 2.29. The number of nitrogens with zero attached hydrogens (tertiary/aromatic N) is 1. The van der Waals surface area contributed by atoms with E-state index < -0.39 is 34.0 Å². The zero-order valence-corrected chi connectivity index (χ0v) is 16.1. The van der Waals surface area contributed by atoms with Crippen molar-refractivity contribution in [1.82, 2.24) is 9.62 Å². The van der Waals surface area contributed by atoms with Gasteiger partial charge in [0.05, 0.1) is 10.9 Å². The number of carboxylic acids is 1. The van der Waals surface area contributed by atoms with Crippen LogP contribution in [0.2, 0.25) is 0 Å². The Kier molecular flexibility index (Phi) is 6.22. The number of anilines is 1. The molecule has 9 nitrogen and oxygen atoms in total. The smallest absolute Gasteiger partial charge is 0.326 e. The van der Waals surface area contributed by atoms with E-state index in [0.29, 0.717) is 18.5 Å². The fourth-order valence-electron chi connectivity index (χ4n) is 2.65. The Balaban J connectivity index is 2.12. The minimum Gasteiger partial charge on any atom is -0.480 e. The van der Waals surface area contributed by atoms with Crippen LogP contribution >= 0.6 is 0 Å². The third kappa shape index (κ3) is 5.27. The van der Waals surface area contributed by atoms with E-state index in [1.807, 2.05) is 0 Å². The molecule has 1 aliphatic carbocycles. The Morgan fingerprint density at radius 2 is 1.70 bits per heavy atom. The van der Waals surface area contributed by atoms with Gasteiger partial charge < -0.3 is 15.3 Å². The minimum atomic E-state index is -3.99. The van der Waals surface area contributed by atoms with E-state index in [4.69, 9.17) is 0 Å². The zero-order valence-electron chi connectivity index (χ0n) is 15.3. The van der Waals surface area contributed by atoms with Crippen molar-refractivity contribution >= 4 is 33.5 Å². The van der Waals surface area contributed by atoms with E-state index in [-0.39, 0.29) is 16.8 Å². The molecule has 1 fully saturated rings. The number of amides is 2. The van der Waals surface area contributed by atoms with Crippen molar-refractivity contribution in [2.24, 2.45) is 0 Å². The lowest BCUT2D eigenvalue weighted by Gasteiger charge is -2.29.